The van der Waals surface area contributed by atoms with Gasteiger partial charge in [-0.25, -0.2) is 0 Å². The molecule has 1 aliphatic heterocycles. The molecule has 4 rings (SSSR count). The molecule has 0 bridgehead atoms. The Labute approximate surface area is 152 Å². The van der Waals surface area contributed by atoms with Crippen molar-refractivity contribution in [2.45, 2.75) is 44.3 Å². The van der Waals surface area contributed by atoms with E-state index in [2.05, 4.69) is 5.32 Å². The minimum absolute atomic E-state index is 0.0121. The molecule has 1 saturated carbocycles. The van der Waals surface area contributed by atoms with Gasteiger partial charge in [0, 0.05) is 18.2 Å². The predicted octanol–water partition coefficient (Wildman–Crippen LogP) is 4.49. The molecule has 2 aromatic carbocycles. The molecule has 1 aliphatic carbocycles. The molecule has 1 unspecified atom stereocenters. The summed E-state index contributed by atoms with van der Waals surface area (Å²) in [5.41, 5.74) is 2.02. The molecule has 0 aromatic heterocycles. The van der Waals surface area contributed by atoms with E-state index in [1.807, 2.05) is 35.2 Å². The van der Waals surface area contributed by atoms with E-state index in [0.717, 1.165) is 31.2 Å². The quantitative estimate of drug-likeness (QED) is 0.653. The smallest absolute Gasteiger partial charge is 0.271 e. The number of non-ortho nitro benzene ring substituents is 1. The fourth-order valence-corrected chi connectivity index (χ4v) is 4.04. The van der Waals surface area contributed by atoms with Crippen LogP contribution in [0.2, 0.25) is 0 Å². The van der Waals surface area contributed by atoms with E-state index in [1.54, 1.807) is 6.07 Å². The highest BCUT2D eigenvalue weighted by atomic mass is 16.6. The van der Waals surface area contributed by atoms with Gasteiger partial charge in [-0.05, 0) is 24.5 Å². The summed E-state index contributed by atoms with van der Waals surface area (Å²) in [4.78, 5) is 25.9. The number of nitrogens with one attached hydrogen (secondary N) is 1. The monoisotopic (exact) mass is 351 g/mol. The van der Waals surface area contributed by atoms with E-state index in [1.165, 1.54) is 18.6 Å². The van der Waals surface area contributed by atoms with E-state index >= 15 is 0 Å². The molecule has 6 nitrogen and oxygen atoms in total. The van der Waals surface area contributed by atoms with Gasteiger partial charge >= 0.3 is 0 Å². The minimum Gasteiger partial charge on any atom is -0.361 e. The van der Waals surface area contributed by atoms with Crippen LogP contribution in [0.15, 0.2) is 48.5 Å². The van der Waals surface area contributed by atoms with Crippen LogP contribution in [0.4, 0.5) is 11.4 Å². The average Bonchev–Trinajstić information content (AvgIpc) is 2.68. The fourth-order valence-electron chi connectivity index (χ4n) is 4.04. The number of hydrogen-bond donors (Lipinski definition) is 1. The van der Waals surface area contributed by atoms with Crippen molar-refractivity contribution in [2.24, 2.45) is 0 Å². The summed E-state index contributed by atoms with van der Waals surface area (Å²) < 4.78 is 0. The Bertz CT molecular complexity index is 831. The van der Waals surface area contributed by atoms with Crippen molar-refractivity contribution in [1.29, 1.82) is 0 Å². The van der Waals surface area contributed by atoms with Gasteiger partial charge in [-0.2, -0.15) is 0 Å². The van der Waals surface area contributed by atoms with Crippen molar-refractivity contribution < 1.29 is 9.72 Å². The van der Waals surface area contributed by atoms with Gasteiger partial charge in [0.25, 0.3) is 11.6 Å². The summed E-state index contributed by atoms with van der Waals surface area (Å²) in [6, 6.07) is 14.4. The van der Waals surface area contributed by atoms with Crippen LogP contribution in [0, 0.1) is 10.1 Å². The van der Waals surface area contributed by atoms with Crippen LogP contribution in [-0.2, 0) is 0 Å². The molecular weight excluding hydrogens is 330 g/mol. The number of nitrogens with zero attached hydrogens (tertiary/aromatic N) is 2. The van der Waals surface area contributed by atoms with E-state index in [-0.39, 0.29) is 23.8 Å². The molecule has 1 heterocycles. The lowest BCUT2D eigenvalue weighted by molar-refractivity contribution is -0.384. The highest BCUT2D eigenvalue weighted by molar-refractivity contribution is 6.02. The Morgan fingerprint density at radius 1 is 1.04 bits per heavy atom. The first-order valence-electron chi connectivity index (χ1n) is 9.08. The Balaban J connectivity index is 1.78. The Morgan fingerprint density at radius 3 is 2.46 bits per heavy atom. The van der Waals surface area contributed by atoms with Gasteiger partial charge < -0.3 is 10.2 Å². The second kappa shape index (κ2) is 6.78. The van der Waals surface area contributed by atoms with Crippen LogP contribution in [0.3, 0.4) is 0 Å². The number of rotatable bonds is 3. The van der Waals surface area contributed by atoms with Crippen molar-refractivity contribution in [3.05, 3.63) is 69.8 Å². The summed E-state index contributed by atoms with van der Waals surface area (Å²) in [7, 11) is 0. The molecule has 1 N–H and O–H groups in total. The van der Waals surface area contributed by atoms with Gasteiger partial charge in [0.15, 0.2) is 0 Å². The molecule has 1 amide bonds. The molecule has 0 spiro atoms. The zero-order chi connectivity index (χ0) is 18.1. The lowest BCUT2D eigenvalue weighted by Crippen LogP contribution is -2.49. The Kier molecular flexibility index (Phi) is 4.32. The van der Waals surface area contributed by atoms with Gasteiger partial charge in [0.2, 0.25) is 0 Å². The van der Waals surface area contributed by atoms with Crippen molar-refractivity contribution in [1.82, 2.24) is 4.90 Å². The average molecular weight is 351 g/mol. The minimum atomic E-state index is -0.433. The normalized spacial score (nSPS) is 20.4. The van der Waals surface area contributed by atoms with Crippen molar-refractivity contribution >= 4 is 17.3 Å². The third-order valence-corrected chi connectivity index (χ3v) is 5.33. The third-order valence-electron chi connectivity index (χ3n) is 5.33. The standard InChI is InChI=1S/C20H21N3O3/c24-20-17-12-11-16(23(25)26)13-18(17)21-19(14-7-3-1-4-8-14)22(20)15-9-5-2-6-10-15/h1,3-4,7-8,11-13,15,19,21H,2,5-6,9-10H2. The molecule has 6 heteroatoms. The first-order valence-corrected chi connectivity index (χ1v) is 9.08. The molecule has 26 heavy (non-hydrogen) atoms. The van der Waals surface area contributed by atoms with Crippen LogP contribution in [0.5, 0.6) is 0 Å². The molecule has 0 saturated heterocycles. The maximum Gasteiger partial charge on any atom is 0.271 e. The summed E-state index contributed by atoms with van der Waals surface area (Å²) in [5.74, 6) is -0.0469. The van der Waals surface area contributed by atoms with Crippen molar-refractivity contribution in [3.63, 3.8) is 0 Å². The number of fused-ring (bicyclic) bond motifs is 1. The number of hydrogen-bond acceptors (Lipinski definition) is 4. The highest BCUT2D eigenvalue weighted by Crippen LogP contribution is 2.39. The van der Waals surface area contributed by atoms with Gasteiger partial charge in [-0.3, -0.25) is 14.9 Å². The summed E-state index contributed by atoms with van der Waals surface area (Å²) in [5, 5.41) is 14.5. The van der Waals surface area contributed by atoms with Gasteiger partial charge in [-0.15, -0.1) is 0 Å². The Hall–Kier alpha value is -2.89. The lowest BCUT2D eigenvalue weighted by Gasteiger charge is -2.44. The second-order valence-corrected chi connectivity index (χ2v) is 6.95. The largest absolute Gasteiger partial charge is 0.361 e. The molecule has 2 aliphatic rings. The summed E-state index contributed by atoms with van der Waals surface area (Å²) >= 11 is 0. The zero-order valence-electron chi connectivity index (χ0n) is 14.4. The first kappa shape index (κ1) is 16.6. The van der Waals surface area contributed by atoms with Gasteiger partial charge in [-0.1, -0.05) is 49.6 Å². The van der Waals surface area contributed by atoms with Crippen molar-refractivity contribution in [2.75, 3.05) is 5.32 Å². The molecule has 2 aromatic rings. The number of amides is 1. The number of anilines is 1. The predicted molar refractivity (Wildman–Crippen MR) is 98.9 cm³/mol. The first-order chi connectivity index (χ1) is 12.6. The topological polar surface area (TPSA) is 75.5 Å². The van der Waals surface area contributed by atoms with E-state index in [0.29, 0.717) is 11.3 Å². The molecule has 134 valence electrons. The third kappa shape index (κ3) is 2.92. The van der Waals surface area contributed by atoms with E-state index < -0.39 is 4.92 Å². The number of benzene rings is 2. The summed E-state index contributed by atoms with van der Waals surface area (Å²) in [6.45, 7) is 0. The molecule has 1 fully saturated rings. The molecular formula is C20H21N3O3. The highest BCUT2D eigenvalue weighted by Gasteiger charge is 2.38. The fraction of sp³-hybridized carbons (Fsp3) is 0.350. The maximum atomic E-state index is 13.3. The number of nitro benzene ring substituents is 1. The van der Waals surface area contributed by atoms with Crippen LogP contribution in [0.1, 0.15) is 54.2 Å². The van der Waals surface area contributed by atoms with Gasteiger partial charge in [0.05, 0.1) is 16.2 Å². The van der Waals surface area contributed by atoms with Crippen molar-refractivity contribution in [3.8, 4) is 0 Å². The Morgan fingerprint density at radius 2 is 1.77 bits per heavy atom. The molecule has 0 radical (unpaired) electrons. The van der Waals surface area contributed by atoms with E-state index in [9.17, 15) is 14.9 Å². The maximum absolute atomic E-state index is 13.3. The zero-order valence-corrected chi connectivity index (χ0v) is 14.4. The van der Waals surface area contributed by atoms with Crippen LogP contribution >= 0.6 is 0 Å². The van der Waals surface area contributed by atoms with Crippen LogP contribution < -0.4 is 5.32 Å². The second-order valence-electron chi connectivity index (χ2n) is 6.95. The number of carbonyl (C=O) groups is 1. The van der Waals surface area contributed by atoms with E-state index in [4.69, 9.17) is 0 Å². The molecule has 1 atom stereocenters. The van der Waals surface area contributed by atoms with Gasteiger partial charge in [0.1, 0.15) is 6.17 Å². The van der Waals surface area contributed by atoms with Crippen LogP contribution in [0.25, 0.3) is 0 Å². The lowest BCUT2D eigenvalue weighted by atomic mass is 9.91. The number of carbonyl (C=O) groups excluding carboxylic acids is 1. The van der Waals surface area contributed by atoms with Crippen LogP contribution in [-0.4, -0.2) is 21.8 Å². The summed E-state index contributed by atoms with van der Waals surface area (Å²) in [6.07, 6.45) is 5.16. The number of nitro groups is 1. The SMILES string of the molecule is O=C1c2ccc([N+](=O)[O-])cc2NC(c2ccccc2)N1C1CCCCC1.